The van der Waals surface area contributed by atoms with Crippen molar-refractivity contribution in [1.82, 2.24) is 5.32 Å². The molecule has 0 spiro atoms. The Morgan fingerprint density at radius 3 is 2.67 bits per heavy atom. The van der Waals surface area contributed by atoms with Gasteiger partial charge in [-0.3, -0.25) is 0 Å². The third-order valence-electron chi connectivity index (χ3n) is 2.88. The molecule has 2 rings (SSSR count). The lowest BCUT2D eigenvalue weighted by atomic mass is 10.2. The van der Waals surface area contributed by atoms with Crippen molar-refractivity contribution in [1.29, 1.82) is 0 Å². The minimum Gasteiger partial charge on any atom is -0.374 e. The van der Waals surface area contributed by atoms with Crippen molar-refractivity contribution in [2.45, 2.75) is 31.7 Å². The predicted molar refractivity (Wildman–Crippen MR) is 58.9 cm³/mol. The van der Waals surface area contributed by atoms with E-state index in [1.54, 1.807) is 0 Å². The molecular formula is C9H15N3O2S. The molecule has 3 N–H and O–H groups in total. The largest absolute Gasteiger partial charge is 0.374 e. The number of hydrogen-bond donors (Lipinski definition) is 2. The lowest BCUT2D eigenvalue weighted by Gasteiger charge is -2.11. The van der Waals surface area contributed by atoms with Crippen molar-refractivity contribution in [2.75, 3.05) is 6.54 Å². The Hall–Kier alpha value is -0.880. The molecule has 0 unspecified atom stereocenters. The molecule has 0 bridgehead atoms. The number of aliphatic imine (C=N–C) groups is 1. The molecule has 6 heteroatoms. The molecule has 0 aromatic rings. The topological polar surface area (TPSA) is 84.5 Å². The third kappa shape index (κ3) is 2.05. The number of nitrogens with two attached hydrogens (primary N) is 1. The molecule has 0 radical (unpaired) electrons. The van der Waals surface area contributed by atoms with Gasteiger partial charge in [-0.1, -0.05) is 12.8 Å². The van der Waals surface area contributed by atoms with Crippen LogP contribution < -0.4 is 11.1 Å². The van der Waals surface area contributed by atoms with Gasteiger partial charge in [0, 0.05) is 18.8 Å². The molecule has 1 aliphatic heterocycles. The second kappa shape index (κ2) is 3.94. The monoisotopic (exact) mass is 229 g/mol. The van der Waals surface area contributed by atoms with E-state index < -0.39 is 9.84 Å². The molecule has 2 aliphatic rings. The second-order valence-corrected chi connectivity index (χ2v) is 5.88. The maximum Gasteiger partial charge on any atom is 0.238 e. The zero-order chi connectivity index (χ0) is 10.9. The molecule has 1 saturated carbocycles. The number of nitrogens with zero attached hydrogens (tertiary/aromatic N) is 1. The van der Waals surface area contributed by atoms with Gasteiger partial charge < -0.3 is 11.1 Å². The summed E-state index contributed by atoms with van der Waals surface area (Å²) in [6, 6.07) is 0.447. The average Bonchev–Trinajstić information content (AvgIpc) is 2.76. The van der Waals surface area contributed by atoms with Crippen LogP contribution in [0.5, 0.6) is 0 Å². The lowest BCUT2D eigenvalue weighted by Crippen LogP contribution is -2.31. The van der Waals surface area contributed by atoms with E-state index in [-0.39, 0.29) is 10.1 Å². The quantitative estimate of drug-likeness (QED) is 0.719. The number of amidine groups is 1. The van der Waals surface area contributed by atoms with Gasteiger partial charge in [-0.15, -0.1) is 0 Å². The van der Waals surface area contributed by atoms with Gasteiger partial charge in [-0.25, -0.2) is 13.4 Å². The first kappa shape index (κ1) is 10.6. The maximum atomic E-state index is 11.5. The Morgan fingerprint density at radius 2 is 2.13 bits per heavy atom. The highest BCUT2D eigenvalue weighted by molar-refractivity contribution is 8.09. The van der Waals surface area contributed by atoms with E-state index in [9.17, 15) is 8.42 Å². The molecule has 5 nitrogen and oxygen atoms in total. The van der Waals surface area contributed by atoms with Crippen molar-refractivity contribution in [3.05, 3.63) is 11.1 Å². The Morgan fingerprint density at radius 1 is 1.47 bits per heavy atom. The molecule has 1 heterocycles. The van der Waals surface area contributed by atoms with Crippen LogP contribution in [0.2, 0.25) is 0 Å². The Kier molecular flexibility index (Phi) is 2.79. The van der Waals surface area contributed by atoms with Crippen molar-refractivity contribution in [3.63, 3.8) is 0 Å². The Balaban J connectivity index is 1.92. The first-order valence-corrected chi connectivity index (χ1v) is 6.60. The van der Waals surface area contributed by atoms with Crippen LogP contribution in [-0.4, -0.2) is 26.2 Å². The zero-order valence-corrected chi connectivity index (χ0v) is 9.26. The lowest BCUT2D eigenvalue weighted by molar-refractivity contribution is 0.550. The van der Waals surface area contributed by atoms with E-state index in [4.69, 9.17) is 5.73 Å². The minimum atomic E-state index is -3.43. The fraction of sp³-hybridized carbons (Fsp3) is 0.667. The van der Waals surface area contributed by atoms with E-state index in [0.717, 1.165) is 12.8 Å². The summed E-state index contributed by atoms with van der Waals surface area (Å²) in [5, 5.41) is 2.94. The predicted octanol–water partition coefficient (Wildman–Crippen LogP) is 0.103. The molecule has 15 heavy (non-hydrogen) atoms. The molecule has 0 saturated heterocycles. The molecule has 0 aromatic heterocycles. The molecule has 84 valence electrons. The summed E-state index contributed by atoms with van der Waals surface area (Å²) < 4.78 is 23.1. The SMILES string of the molecule is NC1=NC=C(CNC2CCCC2)S1(=O)=O. The van der Waals surface area contributed by atoms with E-state index >= 15 is 0 Å². The van der Waals surface area contributed by atoms with Crippen LogP contribution in [-0.2, 0) is 9.84 Å². The average molecular weight is 229 g/mol. The van der Waals surface area contributed by atoms with E-state index in [1.807, 2.05) is 0 Å². The summed E-state index contributed by atoms with van der Waals surface area (Å²) in [5.74, 6) is 0. The van der Waals surface area contributed by atoms with Crippen molar-refractivity contribution in [3.8, 4) is 0 Å². The fourth-order valence-corrected chi connectivity index (χ4v) is 2.85. The van der Waals surface area contributed by atoms with Gasteiger partial charge >= 0.3 is 0 Å². The fourth-order valence-electron chi connectivity index (χ4n) is 1.92. The van der Waals surface area contributed by atoms with E-state index in [2.05, 4.69) is 10.3 Å². The summed E-state index contributed by atoms with van der Waals surface area (Å²) in [4.78, 5) is 3.90. The molecular weight excluding hydrogens is 214 g/mol. The van der Waals surface area contributed by atoms with Crippen molar-refractivity contribution in [2.24, 2.45) is 10.7 Å². The summed E-state index contributed by atoms with van der Waals surface area (Å²) in [5.41, 5.74) is 5.27. The van der Waals surface area contributed by atoms with Gasteiger partial charge in [0.1, 0.15) is 0 Å². The standard InChI is InChI=1S/C9H15N3O2S/c10-9-12-6-8(15(9,13)14)5-11-7-3-1-2-4-7/h6-7,11H,1-5H2,(H2,10,12). The molecule has 1 aliphatic carbocycles. The van der Waals surface area contributed by atoms with Crippen LogP contribution in [0.4, 0.5) is 0 Å². The van der Waals surface area contributed by atoms with Crippen LogP contribution in [0.3, 0.4) is 0 Å². The summed E-state index contributed by atoms with van der Waals surface area (Å²) in [6.07, 6.45) is 6.05. The zero-order valence-electron chi connectivity index (χ0n) is 8.44. The summed E-state index contributed by atoms with van der Waals surface area (Å²) in [6.45, 7) is 0.344. The van der Waals surface area contributed by atoms with Gasteiger partial charge in [0.15, 0.2) is 0 Å². The van der Waals surface area contributed by atoms with Crippen LogP contribution in [0.15, 0.2) is 16.1 Å². The highest BCUT2D eigenvalue weighted by atomic mass is 32.2. The Labute approximate surface area is 89.4 Å². The summed E-state index contributed by atoms with van der Waals surface area (Å²) >= 11 is 0. The molecule has 0 aromatic carbocycles. The Bertz CT molecular complexity index is 405. The number of sulfone groups is 1. The minimum absolute atomic E-state index is 0.284. The second-order valence-electron chi connectivity index (χ2n) is 3.93. The van der Waals surface area contributed by atoms with Gasteiger partial charge in [-0.05, 0) is 12.8 Å². The third-order valence-corrected chi connectivity index (χ3v) is 4.47. The number of nitrogens with one attached hydrogen (secondary N) is 1. The van der Waals surface area contributed by atoms with Crippen LogP contribution in [0.1, 0.15) is 25.7 Å². The highest BCUT2D eigenvalue weighted by Crippen LogP contribution is 2.19. The van der Waals surface area contributed by atoms with E-state index in [0.29, 0.717) is 12.6 Å². The van der Waals surface area contributed by atoms with Gasteiger partial charge in [0.25, 0.3) is 0 Å². The molecule has 0 amide bonds. The van der Waals surface area contributed by atoms with Crippen LogP contribution in [0, 0.1) is 0 Å². The summed E-state index contributed by atoms with van der Waals surface area (Å²) in [7, 11) is -3.43. The highest BCUT2D eigenvalue weighted by Gasteiger charge is 2.27. The number of rotatable bonds is 3. The maximum absolute atomic E-state index is 11.5. The normalized spacial score (nSPS) is 25.3. The number of hydrogen-bond acceptors (Lipinski definition) is 5. The van der Waals surface area contributed by atoms with Crippen LogP contribution >= 0.6 is 0 Å². The van der Waals surface area contributed by atoms with Gasteiger partial charge in [0.05, 0.1) is 4.91 Å². The molecule has 1 fully saturated rings. The van der Waals surface area contributed by atoms with Crippen molar-refractivity contribution < 1.29 is 8.42 Å². The van der Waals surface area contributed by atoms with Gasteiger partial charge in [0.2, 0.25) is 15.0 Å². The van der Waals surface area contributed by atoms with E-state index in [1.165, 1.54) is 19.0 Å². The molecule has 0 atom stereocenters. The van der Waals surface area contributed by atoms with Crippen molar-refractivity contribution >= 4 is 15.0 Å². The van der Waals surface area contributed by atoms with Gasteiger partial charge in [-0.2, -0.15) is 0 Å². The smallest absolute Gasteiger partial charge is 0.238 e. The first-order chi connectivity index (χ1) is 7.10. The first-order valence-electron chi connectivity index (χ1n) is 5.11. The van der Waals surface area contributed by atoms with Crippen LogP contribution in [0.25, 0.3) is 0 Å².